The first-order chi connectivity index (χ1) is 15.1. The van der Waals surface area contributed by atoms with E-state index in [4.69, 9.17) is 0 Å². The number of hydrogen-bond acceptors (Lipinski definition) is 3. The predicted octanol–water partition coefficient (Wildman–Crippen LogP) is 4.94. The minimum absolute atomic E-state index is 0.0531. The molecule has 0 spiro atoms. The van der Waals surface area contributed by atoms with Gasteiger partial charge in [-0.2, -0.15) is 0 Å². The molecule has 3 N–H and O–H groups in total. The van der Waals surface area contributed by atoms with E-state index in [1.807, 2.05) is 66.7 Å². The van der Waals surface area contributed by atoms with Gasteiger partial charge in [-0.05, 0) is 42.2 Å². The van der Waals surface area contributed by atoms with Crippen LogP contribution in [0.15, 0.2) is 84.9 Å². The molecule has 0 heterocycles. The van der Waals surface area contributed by atoms with Gasteiger partial charge < -0.3 is 16.0 Å². The quantitative estimate of drug-likeness (QED) is 0.439. The fourth-order valence-corrected chi connectivity index (χ4v) is 3.41. The van der Waals surface area contributed by atoms with Gasteiger partial charge in [-0.1, -0.05) is 73.7 Å². The largest absolute Gasteiger partial charge is 0.326 e. The Morgan fingerprint density at radius 1 is 0.774 bits per heavy atom. The van der Waals surface area contributed by atoms with Crippen molar-refractivity contribution >= 4 is 23.2 Å². The Kier molecular flexibility index (Phi) is 8.38. The predicted molar refractivity (Wildman–Crippen MR) is 126 cm³/mol. The zero-order chi connectivity index (χ0) is 21.9. The van der Waals surface area contributed by atoms with Crippen LogP contribution in [0.5, 0.6) is 0 Å². The molecule has 0 aliphatic heterocycles. The molecule has 5 heteroatoms. The van der Waals surface area contributed by atoms with Gasteiger partial charge in [0.2, 0.25) is 11.8 Å². The maximum Gasteiger partial charge on any atom is 0.238 e. The van der Waals surface area contributed by atoms with Crippen LogP contribution >= 0.6 is 0 Å². The normalized spacial score (nSPS) is 11.5. The molecular formula is C26H29N3O2. The molecule has 0 aromatic heterocycles. The summed E-state index contributed by atoms with van der Waals surface area (Å²) in [5.41, 5.74) is 3.62. The van der Waals surface area contributed by atoms with Crippen molar-refractivity contribution in [3.05, 3.63) is 96.1 Å². The molecule has 3 rings (SSSR count). The van der Waals surface area contributed by atoms with Gasteiger partial charge in [0, 0.05) is 23.8 Å². The molecule has 0 saturated carbocycles. The van der Waals surface area contributed by atoms with Crippen LogP contribution in [0.1, 0.15) is 36.9 Å². The monoisotopic (exact) mass is 415 g/mol. The van der Waals surface area contributed by atoms with Gasteiger partial charge in [0.1, 0.15) is 0 Å². The zero-order valence-electron chi connectivity index (χ0n) is 17.8. The first-order valence-corrected chi connectivity index (χ1v) is 10.7. The van der Waals surface area contributed by atoms with Gasteiger partial charge in [0.25, 0.3) is 0 Å². The van der Waals surface area contributed by atoms with Crippen molar-refractivity contribution in [1.29, 1.82) is 0 Å². The maximum absolute atomic E-state index is 12.4. The van der Waals surface area contributed by atoms with Crippen molar-refractivity contribution in [3.8, 4) is 0 Å². The lowest BCUT2D eigenvalue weighted by Crippen LogP contribution is -2.31. The summed E-state index contributed by atoms with van der Waals surface area (Å²) in [6.07, 6.45) is 1.99. The van der Waals surface area contributed by atoms with Gasteiger partial charge in [0.05, 0.1) is 6.54 Å². The lowest BCUT2D eigenvalue weighted by Gasteiger charge is -2.17. The number of amides is 2. The highest BCUT2D eigenvalue weighted by Crippen LogP contribution is 2.17. The van der Waals surface area contributed by atoms with Gasteiger partial charge in [-0.15, -0.1) is 0 Å². The topological polar surface area (TPSA) is 70.2 Å². The van der Waals surface area contributed by atoms with Crippen LogP contribution < -0.4 is 16.0 Å². The SMILES string of the molecule is CCC(NCC(=O)Nc1cccc(NC(=O)CCc2ccccc2)c1)c1ccccc1. The van der Waals surface area contributed by atoms with Gasteiger partial charge in [0.15, 0.2) is 0 Å². The van der Waals surface area contributed by atoms with Crippen LogP contribution in [-0.2, 0) is 16.0 Å². The second-order valence-electron chi connectivity index (χ2n) is 7.42. The molecule has 31 heavy (non-hydrogen) atoms. The molecule has 1 atom stereocenters. The number of benzene rings is 3. The van der Waals surface area contributed by atoms with E-state index >= 15 is 0 Å². The average molecular weight is 416 g/mol. The van der Waals surface area contributed by atoms with Crippen molar-refractivity contribution in [1.82, 2.24) is 5.32 Å². The van der Waals surface area contributed by atoms with Crippen LogP contribution in [0.25, 0.3) is 0 Å². The Morgan fingerprint density at radius 3 is 2.03 bits per heavy atom. The number of nitrogens with one attached hydrogen (secondary N) is 3. The van der Waals surface area contributed by atoms with E-state index in [2.05, 4.69) is 35.0 Å². The highest BCUT2D eigenvalue weighted by atomic mass is 16.2. The molecular weight excluding hydrogens is 386 g/mol. The lowest BCUT2D eigenvalue weighted by atomic mass is 10.0. The van der Waals surface area contributed by atoms with E-state index in [0.717, 1.165) is 17.5 Å². The highest BCUT2D eigenvalue weighted by molar-refractivity contribution is 5.94. The van der Waals surface area contributed by atoms with Crippen molar-refractivity contribution in [2.24, 2.45) is 0 Å². The van der Waals surface area contributed by atoms with E-state index in [9.17, 15) is 9.59 Å². The molecule has 3 aromatic carbocycles. The first kappa shape index (κ1) is 22.2. The van der Waals surface area contributed by atoms with E-state index in [-0.39, 0.29) is 24.4 Å². The highest BCUT2D eigenvalue weighted by Gasteiger charge is 2.11. The summed E-state index contributed by atoms with van der Waals surface area (Å²) in [4.78, 5) is 24.7. The number of carbonyl (C=O) groups excluding carboxylic acids is 2. The Labute approximate surface area is 183 Å². The van der Waals surface area contributed by atoms with E-state index in [0.29, 0.717) is 24.2 Å². The minimum atomic E-state index is -0.123. The summed E-state index contributed by atoms with van der Waals surface area (Å²) in [6, 6.07) is 27.4. The molecule has 5 nitrogen and oxygen atoms in total. The van der Waals surface area contributed by atoms with Gasteiger partial charge >= 0.3 is 0 Å². The van der Waals surface area contributed by atoms with Crippen LogP contribution in [-0.4, -0.2) is 18.4 Å². The number of hydrogen-bond donors (Lipinski definition) is 3. The van der Waals surface area contributed by atoms with Crippen molar-refractivity contribution in [3.63, 3.8) is 0 Å². The Morgan fingerprint density at radius 2 is 1.39 bits per heavy atom. The number of rotatable bonds is 10. The second kappa shape index (κ2) is 11.7. The van der Waals surface area contributed by atoms with Crippen molar-refractivity contribution in [2.75, 3.05) is 17.2 Å². The molecule has 0 bridgehead atoms. The molecule has 0 saturated heterocycles. The Hall–Kier alpha value is -3.44. The lowest BCUT2D eigenvalue weighted by molar-refractivity contribution is -0.116. The summed E-state index contributed by atoms with van der Waals surface area (Å²) in [6.45, 7) is 2.30. The molecule has 0 aliphatic carbocycles. The standard InChI is InChI=1S/C26H29N3O2/c1-2-24(21-12-7-4-8-13-21)27-19-26(31)29-23-15-9-14-22(18-23)28-25(30)17-16-20-10-5-3-6-11-20/h3-15,18,24,27H,2,16-17,19H2,1H3,(H,28,30)(H,29,31). The third-order valence-corrected chi connectivity index (χ3v) is 5.03. The Balaban J connectivity index is 1.48. The number of anilines is 2. The fraction of sp³-hybridized carbons (Fsp3) is 0.231. The number of carbonyl (C=O) groups is 2. The number of aryl methyl sites for hydroxylation is 1. The summed E-state index contributed by atoms with van der Waals surface area (Å²) >= 11 is 0. The molecule has 1 unspecified atom stereocenters. The summed E-state index contributed by atoms with van der Waals surface area (Å²) in [5.74, 6) is -0.176. The molecule has 0 radical (unpaired) electrons. The van der Waals surface area contributed by atoms with Crippen LogP contribution in [0, 0.1) is 0 Å². The smallest absolute Gasteiger partial charge is 0.238 e. The summed E-state index contributed by atoms with van der Waals surface area (Å²) in [7, 11) is 0. The van der Waals surface area contributed by atoms with Crippen LogP contribution in [0.2, 0.25) is 0 Å². The molecule has 0 fully saturated rings. The molecule has 160 valence electrons. The minimum Gasteiger partial charge on any atom is -0.326 e. The van der Waals surface area contributed by atoms with Gasteiger partial charge in [-0.3, -0.25) is 9.59 Å². The van der Waals surface area contributed by atoms with Crippen LogP contribution in [0.3, 0.4) is 0 Å². The van der Waals surface area contributed by atoms with Gasteiger partial charge in [-0.25, -0.2) is 0 Å². The molecule has 0 aliphatic rings. The molecule has 3 aromatic rings. The van der Waals surface area contributed by atoms with E-state index in [1.54, 1.807) is 6.07 Å². The summed E-state index contributed by atoms with van der Waals surface area (Å²) in [5, 5.41) is 9.10. The third kappa shape index (κ3) is 7.39. The Bertz CT molecular complexity index is 974. The summed E-state index contributed by atoms with van der Waals surface area (Å²) < 4.78 is 0. The first-order valence-electron chi connectivity index (χ1n) is 10.7. The molecule has 2 amide bonds. The van der Waals surface area contributed by atoms with E-state index in [1.165, 1.54) is 0 Å². The van der Waals surface area contributed by atoms with Crippen molar-refractivity contribution < 1.29 is 9.59 Å². The fourth-order valence-electron chi connectivity index (χ4n) is 3.41. The van der Waals surface area contributed by atoms with E-state index < -0.39 is 0 Å². The second-order valence-corrected chi connectivity index (χ2v) is 7.42. The average Bonchev–Trinajstić information content (AvgIpc) is 2.80. The van der Waals surface area contributed by atoms with Crippen LogP contribution in [0.4, 0.5) is 11.4 Å². The maximum atomic E-state index is 12.4. The van der Waals surface area contributed by atoms with Crippen molar-refractivity contribution in [2.45, 2.75) is 32.2 Å². The zero-order valence-corrected chi connectivity index (χ0v) is 17.8. The third-order valence-electron chi connectivity index (χ3n) is 5.03.